The van der Waals surface area contributed by atoms with Gasteiger partial charge in [0.05, 0.1) is 21.7 Å². The lowest BCUT2D eigenvalue weighted by molar-refractivity contribution is 0.485. The molecule has 0 radical (unpaired) electrons. The van der Waals surface area contributed by atoms with Crippen molar-refractivity contribution in [1.82, 2.24) is 24.1 Å². The van der Waals surface area contributed by atoms with Crippen LogP contribution in [0.3, 0.4) is 0 Å². The van der Waals surface area contributed by atoms with E-state index >= 15 is 0 Å². The zero-order valence-corrected chi connectivity index (χ0v) is 17.5. The van der Waals surface area contributed by atoms with Gasteiger partial charge in [-0.25, -0.2) is 17.7 Å². The van der Waals surface area contributed by atoms with Crippen LogP contribution >= 0.6 is 11.8 Å². The Morgan fingerprint density at radius 3 is 2.67 bits per heavy atom. The summed E-state index contributed by atoms with van der Waals surface area (Å²) in [4.78, 5) is 4.91. The number of hydrogen-bond acceptors (Lipinski definition) is 7. The van der Waals surface area contributed by atoms with Gasteiger partial charge in [0.1, 0.15) is 0 Å². The van der Waals surface area contributed by atoms with E-state index in [1.54, 1.807) is 19.1 Å². The Balaban J connectivity index is 1.98. The Bertz CT molecular complexity index is 1040. The molecule has 0 saturated carbocycles. The monoisotopic (exact) mass is 409 g/mol. The molecule has 1 aromatic carbocycles. The molecule has 0 saturated heterocycles. The van der Waals surface area contributed by atoms with Crippen LogP contribution in [-0.4, -0.2) is 46.6 Å². The molecular formula is C17H23N5O3S2. The Hall–Kier alpha value is -1.91. The zero-order chi connectivity index (χ0) is 19.6. The first-order chi connectivity index (χ1) is 12.8. The molecule has 0 amide bonds. The molecule has 0 fully saturated rings. The summed E-state index contributed by atoms with van der Waals surface area (Å²) in [6.45, 7) is 4.71. The largest absolute Gasteiger partial charge is 0.425 e. The van der Waals surface area contributed by atoms with Crippen LogP contribution < -0.4 is 0 Å². The number of fused-ring (bicyclic) bond motifs is 1. The van der Waals surface area contributed by atoms with Gasteiger partial charge in [0.15, 0.2) is 5.16 Å². The fourth-order valence-corrected chi connectivity index (χ4v) is 4.42. The molecule has 0 N–H and O–H groups in total. The number of unbranched alkanes of at least 4 members (excludes halogenated alkanes) is 1. The van der Waals surface area contributed by atoms with E-state index in [4.69, 9.17) is 4.42 Å². The average molecular weight is 410 g/mol. The molecule has 3 aromatic rings. The van der Waals surface area contributed by atoms with Crippen molar-refractivity contribution in [2.45, 2.75) is 49.0 Å². The van der Waals surface area contributed by atoms with Crippen LogP contribution in [0.2, 0.25) is 0 Å². The fraction of sp³-hybridized carbons (Fsp3) is 0.471. The molecule has 2 aromatic heterocycles. The number of nitrogens with zero attached hydrogens (tertiary/aromatic N) is 5. The fourth-order valence-electron chi connectivity index (χ4n) is 2.62. The number of hydrogen-bond donors (Lipinski definition) is 0. The molecule has 8 nitrogen and oxygen atoms in total. The SMILES string of the molecule is CCCCn1c(SCc2nnc(C)o2)nc2cc(S(=O)(=O)N(C)C)ccc21. The van der Waals surface area contributed by atoms with Crippen molar-refractivity contribution in [3.8, 4) is 0 Å². The molecule has 0 aliphatic heterocycles. The Kier molecular flexibility index (Phi) is 5.87. The van der Waals surface area contributed by atoms with Gasteiger partial charge in [-0.1, -0.05) is 25.1 Å². The average Bonchev–Trinajstić information content (AvgIpc) is 3.20. The molecule has 0 bridgehead atoms. The summed E-state index contributed by atoms with van der Waals surface area (Å²) in [6.07, 6.45) is 2.07. The van der Waals surface area contributed by atoms with Crippen molar-refractivity contribution in [1.29, 1.82) is 0 Å². The lowest BCUT2D eigenvalue weighted by Crippen LogP contribution is -2.22. The maximum Gasteiger partial charge on any atom is 0.242 e. The van der Waals surface area contributed by atoms with Crippen molar-refractivity contribution in [3.63, 3.8) is 0 Å². The highest BCUT2D eigenvalue weighted by atomic mass is 32.2. The molecule has 0 aliphatic carbocycles. The third-order valence-electron chi connectivity index (χ3n) is 4.09. The number of benzene rings is 1. The van der Waals surface area contributed by atoms with Gasteiger partial charge in [-0.05, 0) is 24.6 Å². The van der Waals surface area contributed by atoms with Gasteiger partial charge < -0.3 is 8.98 Å². The first-order valence-corrected chi connectivity index (χ1v) is 11.1. The maximum absolute atomic E-state index is 12.4. The van der Waals surface area contributed by atoms with Crippen molar-refractivity contribution >= 4 is 32.8 Å². The highest BCUT2D eigenvalue weighted by Crippen LogP contribution is 2.29. The number of imidazole rings is 1. The first kappa shape index (κ1) is 19.8. The molecular weight excluding hydrogens is 386 g/mol. The molecule has 2 heterocycles. The van der Waals surface area contributed by atoms with Crippen LogP contribution in [0, 0.1) is 6.92 Å². The molecule has 27 heavy (non-hydrogen) atoms. The van der Waals surface area contributed by atoms with Crippen molar-refractivity contribution in [2.75, 3.05) is 14.1 Å². The second-order valence-corrected chi connectivity index (χ2v) is 9.44. The summed E-state index contributed by atoms with van der Waals surface area (Å²) in [6, 6.07) is 5.10. The predicted molar refractivity (Wildman–Crippen MR) is 104 cm³/mol. The lowest BCUT2D eigenvalue weighted by Gasteiger charge is -2.11. The van der Waals surface area contributed by atoms with Gasteiger partial charge >= 0.3 is 0 Å². The van der Waals surface area contributed by atoms with Crippen molar-refractivity contribution < 1.29 is 12.8 Å². The van der Waals surface area contributed by atoms with Gasteiger partial charge in [-0.2, -0.15) is 0 Å². The number of sulfonamides is 1. The zero-order valence-electron chi connectivity index (χ0n) is 15.8. The number of aromatic nitrogens is 4. The molecule has 0 unspecified atom stereocenters. The Morgan fingerprint density at radius 2 is 2.04 bits per heavy atom. The van der Waals surface area contributed by atoms with E-state index in [9.17, 15) is 8.42 Å². The van der Waals surface area contributed by atoms with Crippen LogP contribution in [0.4, 0.5) is 0 Å². The summed E-state index contributed by atoms with van der Waals surface area (Å²) in [5.41, 5.74) is 1.59. The molecule has 0 atom stereocenters. The van der Waals surface area contributed by atoms with Crippen molar-refractivity contribution in [3.05, 3.63) is 30.0 Å². The molecule has 0 aliphatic rings. The van der Waals surface area contributed by atoms with Crippen molar-refractivity contribution in [2.24, 2.45) is 0 Å². The normalized spacial score (nSPS) is 12.3. The van der Waals surface area contributed by atoms with E-state index in [1.165, 1.54) is 30.2 Å². The lowest BCUT2D eigenvalue weighted by atomic mass is 10.3. The second-order valence-electron chi connectivity index (χ2n) is 6.34. The summed E-state index contributed by atoms with van der Waals surface area (Å²) >= 11 is 1.51. The number of rotatable bonds is 8. The van der Waals surface area contributed by atoms with Gasteiger partial charge in [0.25, 0.3) is 0 Å². The van der Waals surface area contributed by atoms with E-state index in [1.807, 2.05) is 6.07 Å². The van der Waals surface area contributed by atoms with Crippen LogP contribution in [0.25, 0.3) is 11.0 Å². The number of thioether (sulfide) groups is 1. The summed E-state index contributed by atoms with van der Waals surface area (Å²) in [5.74, 6) is 1.59. The number of aryl methyl sites for hydroxylation is 2. The minimum absolute atomic E-state index is 0.240. The quantitative estimate of drug-likeness (QED) is 0.528. The van der Waals surface area contributed by atoms with E-state index in [-0.39, 0.29) is 4.90 Å². The summed E-state index contributed by atoms with van der Waals surface area (Å²) < 4.78 is 33.6. The standard InChI is InChI=1S/C17H23N5O3S2/c1-5-6-9-22-15-8-7-13(27(23,24)21(3)4)10-14(15)18-17(22)26-11-16-20-19-12(2)25-16/h7-8,10H,5-6,9,11H2,1-4H3. The third-order valence-corrected chi connectivity index (χ3v) is 6.86. The minimum atomic E-state index is -3.50. The van der Waals surface area contributed by atoms with Crippen LogP contribution in [0.15, 0.2) is 32.7 Å². The second kappa shape index (κ2) is 7.99. The predicted octanol–water partition coefficient (Wildman–Crippen LogP) is 3.07. The summed E-state index contributed by atoms with van der Waals surface area (Å²) in [7, 11) is -0.456. The first-order valence-electron chi connectivity index (χ1n) is 8.67. The smallest absolute Gasteiger partial charge is 0.242 e. The maximum atomic E-state index is 12.4. The Morgan fingerprint density at radius 1 is 1.26 bits per heavy atom. The van der Waals surface area contributed by atoms with Crippen LogP contribution in [0.1, 0.15) is 31.5 Å². The minimum Gasteiger partial charge on any atom is -0.425 e. The van der Waals surface area contributed by atoms with Gasteiger partial charge in [0, 0.05) is 27.6 Å². The van der Waals surface area contributed by atoms with Crippen LogP contribution in [0.5, 0.6) is 0 Å². The van der Waals surface area contributed by atoms with Crippen LogP contribution in [-0.2, 0) is 22.3 Å². The van der Waals surface area contributed by atoms with Gasteiger partial charge in [-0.15, -0.1) is 10.2 Å². The topological polar surface area (TPSA) is 94.1 Å². The van der Waals surface area contributed by atoms with E-state index < -0.39 is 10.0 Å². The third kappa shape index (κ3) is 4.17. The summed E-state index contributed by atoms with van der Waals surface area (Å²) in [5, 5.41) is 8.67. The highest BCUT2D eigenvalue weighted by Gasteiger charge is 2.20. The Labute approximate surface area is 163 Å². The molecule has 146 valence electrons. The van der Waals surface area contributed by atoms with E-state index in [2.05, 4.69) is 26.7 Å². The van der Waals surface area contributed by atoms with E-state index in [0.29, 0.717) is 23.1 Å². The molecule has 3 rings (SSSR count). The van der Waals surface area contributed by atoms with Gasteiger partial charge in [0.2, 0.25) is 21.8 Å². The highest BCUT2D eigenvalue weighted by molar-refractivity contribution is 7.98. The van der Waals surface area contributed by atoms with Gasteiger partial charge in [-0.3, -0.25) is 0 Å². The van der Waals surface area contributed by atoms with E-state index in [0.717, 1.165) is 30.1 Å². The molecule has 10 heteroatoms. The molecule has 0 spiro atoms.